The van der Waals surface area contributed by atoms with E-state index in [0.29, 0.717) is 22.2 Å². The molecule has 30 heavy (non-hydrogen) atoms. The molecule has 1 N–H and O–H groups in total. The highest BCUT2D eigenvalue weighted by Gasteiger charge is 2.34. The maximum atomic E-state index is 13.0. The first-order valence-corrected chi connectivity index (χ1v) is 11.7. The normalized spacial score (nSPS) is 20.0. The molecule has 5 nitrogen and oxygen atoms in total. The van der Waals surface area contributed by atoms with Crippen molar-refractivity contribution in [1.82, 2.24) is 10.4 Å². The van der Waals surface area contributed by atoms with Gasteiger partial charge >= 0.3 is 0 Å². The van der Waals surface area contributed by atoms with Crippen LogP contribution in [0.4, 0.5) is 5.69 Å². The number of anilines is 1. The zero-order valence-corrected chi connectivity index (χ0v) is 19.6. The van der Waals surface area contributed by atoms with E-state index in [0.717, 1.165) is 41.7 Å². The first-order valence-electron chi connectivity index (χ1n) is 10.1. The molecule has 1 atom stereocenters. The van der Waals surface area contributed by atoms with Gasteiger partial charge in [0.15, 0.2) is 0 Å². The molecule has 0 radical (unpaired) electrons. The van der Waals surface area contributed by atoms with Gasteiger partial charge in [-0.05, 0) is 48.7 Å². The van der Waals surface area contributed by atoms with Gasteiger partial charge in [0.1, 0.15) is 5.71 Å². The van der Waals surface area contributed by atoms with Crippen LogP contribution in [0.5, 0.6) is 0 Å². The summed E-state index contributed by atoms with van der Waals surface area (Å²) in [7, 11) is 0. The Morgan fingerprint density at radius 2 is 1.73 bits per heavy atom. The van der Waals surface area contributed by atoms with Gasteiger partial charge in [-0.25, -0.2) is 5.01 Å². The fourth-order valence-corrected chi connectivity index (χ4v) is 4.63. The van der Waals surface area contributed by atoms with Crippen LogP contribution < -0.4 is 10.4 Å². The minimum absolute atomic E-state index is 0.123. The Labute approximate surface area is 195 Å². The standard InChI is InChI=1S/C22H23BrCl2N4O/c23-16-7-5-15(6-8-16)21-14-19(22(30)27-28-11-3-1-2-4-12-28)26-29(21)20-10-9-17(24)13-18(20)25/h5-10,13,21H,1-4,11-12,14H2,(H,27,30)/t21-/m1/s1. The van der Waals surface area contributed by atoms with Crippen molar-refractivity contribution in [3.63, 3.8) is 0 Å². The van der Waals surface area contributed by atoms with Crippen LogP contribution in [0.3, 0.4) is 0 Å². The summed E-state index contributed by atoms with van der Waals surface area (Å²) in [6, 6.07) is 13.3. The number of amides is 1. The minimum atomic E-state index is -0.147. The first kappa shape index (κ1) is 21.6. The van der Waals surface area contributed by atoms with E-state index >= 15 is 0 Å². The average molecular weight is 510 g/mol. The Hall–Kier alpha value is -1.60. The predicted octanol–water partition coefficient (Wildman–Crippen LogP) is 5.97. The van der Waals surface area contributed by atoms with E-state index < -0.39 is 0 Å². The van der Waals surface area contributed by atoms with Gasteiger partial charge in [-0.15, -0.1) is 0 Å². The molecule has 0 saturated carbocycles. The quantitative estimate of drug-likeness (QED) is 0.552. The van der Waals surface area contributed by atoms with E-state index in [1.165, 1.54) is 12.8 Å². The van der Waals surface area contributed by atoms with Gasteiger partial charge in [0.2, 0.25) is 0 Å². The topological polar surface area (TPSA) is 47.9 Å². The van der Waals surface area contributed by atoms with Crippen molar-refractivity contribution < 1.29 is 4.79 Å². The molecule has 1 amide bonds. The van der Waals surface area contributed by atoms with Crippen molar-refractivity contribution in [1.29, 1.82) is 0 Å². The number of hydrazone groups is 1. The second-order valence-electron chi connectivity index (χ2n) is 7.60. The van der Waals surface area contributed by atoms with Crippen molar-refractivity contribution >= 4 is 56.4 Å². The van der Waals surface area contributed by atoms with Crippen molar-refractivity contribution in [2.24, 2.45) is 5.10 Å². The monoisotopic (exact) mass is 508 g/mol. The third kappa shape index (κ3) is 4.99. The van der Waals surface area contributed by atoms with Crippen LogP contribution in [0.15, 0.2) is 52.0 Å². The lowest BCUT2D eigenvalue weighted by Crippen LogP contribution is -2.45. The average Bonchev–Trinajstić information content (AvgIpc) is 3.00. The van der Waals surface area contributed by atoms with Crippen LogP contribution in [-0.4, -0.2) is 29.7 Å². The fourth-order valence-electron chi connectivity index (χ4n) is 3.87. The molecule has 0 unspecified atom stereocenters. The molecule has 2 heterocycles. The van der Waals surface area contributed by atoms with E-state index in [9.17, 15) is 4.79 Å². The second kappa shape index (κ2) is 9.69. The van der Waals surface area contributed by atoms with Gasteiger partial charge in [0.25, 0.3) is 5.91 Å². The van der Waals surface area contributed by atoms with E-state index in [4.69, 9.17) is 23.2 Å². The highest BCUT2D eigenvalue weighted by Crippen LogP contribution is 2.39. The van der Waals surface area contributed by atoms with Gasteiger partial charge < -0.3 is 0 Å². The van der Waals surface area contributed by atoms with Gasteiger partial charge in [0, 0.05) is 29.0 Å². The number of carbonyl (C=O) groups excluding carboxylic acids is 1. The summed E-state index contributed by atoms with van der Waals surface area (Å²) >= 11 is 16.0. The zero-order valence-electron chi connectivity index (χ0n) is 16.5. The highest BCUT2D eigenvalue weighted by molar-refractivity contribution is 9.10. The summed E-state index contributed by atoms with van der Waals surface area (Å²) in [5, 5.41) is 9.60. The van der Waals surface area contributed by atoms with Crippen LogP contribution in [0.1, 0.15) is 43.7 Å². The SMILES string of the molecule is O=C(NN1CCCCCC1)C1=NN(c2ccc(Cl)cc2Cl)[C@@H](c2ccc(Br)cc2)C1. The second-order valence-corrected chi connectivity index (χ2v) is 9.36. The molecule has 2 aliphatic rings. The molecule has 0 aromatic heterocycles. The van der Waals surface area contributed by atoms with E-state index in [1.54, 1.807) is 12.1 Å². The van der Waals surface area contributed by atoms with Crippen LogP contribution in [0.2, 0.25) is 10.0 Å². The van der Waals surface area contributed by atoms with E-state index in [1.807, 2.05) is 40.3 Å². The number of nitrogens with one attached hydrogen (secondary N) is 1. The maximum Gasteiger partial charge on any atom is 0.281 e. The third-order valence-electron chi connectivity index (χ3n) is 5.45. The fraction of sp³-hybridized carbons (Fsp3) is 0.364. The number of nitrogens with zero attached hydrogens (tertiary/aromatic N) is 3. The molecule has 0 aliphatic carbocycles. The van der Waals surface area contributed by atoms with Gasteiger partial charge in [0.05, 0.1) is 16.8 Å². The number of benzene rings is 2. The van der Waals surface area contributed by atoms with Crippen LogP contribution in [0.25, 0.3) is 0 Å². The molecule has 1 saturated heterocycles. The molecule has 1 fully saturated rings. The molecule has 158 valence electrons. The molecule has 8 heteroatoms. The largest absolute Gasteiger partial charge is 0.284 e. The molecule has 2 aromatic carbocycles. The number of carbonyl (C=O) groups is 1. The number of halogens is 3. The molecule has 2 aromatic rings. The molecule has 0 spiro atoms. The number of hydrogen-bond donors (Lipinski definition) is 1. The van der Waals surface area contributed by atoms with Gasteiger partial charge in [-0.1, -0.05) is 64.1 Å². The summed E-state index contributed by atoms with van der Waals surface area (Å²) in [5.41, 5.74) is 5.34. The smallest absolute Gasteiger partial charge is 0.281 e. The number of hydrazine groups is 1. The number of rotatable bonds is 4. The van der Waals surface area contributed by atoms with E-state index in [2.05, 4.69) is 26.5 Å². The summed E-state index contributed by atoms with van der Waals surface area (Å²) in [4.78, 5) is 13.0. The lowest BCUT2D eigenvalue weighted by Gasteiger charge is -2.25. The molecular weight excluding hydrogens is 487 g/mol. The van der Waals surface area contributed by atoms with Crippen LogP contribution >= 0.6 is 39.1 Å². The Balaban J connectivity index is 1.61. The molecule has 0 bridgehead atoms. The summed E-state index contributed by atoms with van der Waals surface area (Å²) in [5.74, 6) is -0.147. The first-order chi connectivity index (χ1) is 14.5. The van der Waals surface area contributed by atoms with Gasteiger partial charge in [-0.2, -0.15) is 5.10 Å². The Morgan fingerprint density at radius 3 is 2.40 bits per heavy atom. The zero-order chi connectivity index (χ0) is 21.1. The van der Waals surface area contributed by atoms with Crippen molar-refractivity contribution in [3.05, 3.63) is 62.5 Å². The lowest BCUT2D eigenvalue weighted by atomic mass is 10.0. The van der Waals surface area contributed by atoms with Crippen molar-refractivity contribution in [3.8, 4) is 0 Å². The third-order valence-corrected chi connectivity index (χ3v) is 6.52. The van der Waals surface area contributed by atoms with Crippen molar-refractivity contribution in [2.75, 3.05) is 18.1 Å². The lowest BCUT2D eigenvalue weighted by molar-refractivity contribution is -0.119. The van der Waals surface area contributed by atoms with Crippen molar-refractivity contribution in [2.45, 2.75) is 38.1 Å². The Bertz CT molecular complexity index is 943. The van der Waals surface area contributed by atoms with E-state index in [-0.39, 0.29) is 11.9 Å². The Morgan fingerprint density at radius 1 is 1.03 bits per heavy atom. The summed E-state index contributed by atoms with van der Waals surface area (Å²) < 4.78 is 1.00. The van der Waals surface area contributed by atoms with Gasteiger partial charge in [-0.3, -0.25) is 15.2 Å². The Kier molecular flexibility index (Phi) is 6.98. The van der Waals surface area contributed by atoms with Crippen LogP contribution in [0, 0.1) is 0 Å². The highest BCUT2D eigenvalue weighted by atomic mass is 79.9. The molecule has 4 rings (SSSR count). The summed E-state index contributed by atoms with van der Waals surface area (Å²) in [6.07, 6.45) is 5.12. The summed E-state index contributed by atoms with van der Waals surface area (Å²) in [6.45, 7) is 1.75. The molecule has 2 aliphatic heterocycles. The van der Waals surface area contributed by atoms with Crippen LogP contribution in [-0.2, 0) is 4.79 Å². The maximum absolute atomic E-state index is 13.0. The predicted molar refractivity (Wildman–Crippen MR) is 126 cm³/mol. The minimum Gasteiger partial charge on any atom is -0.284 e. The molecular formula is C22H23BrCl2N4O. The number of hydrogen-bond acceptors (Lipinski definition) is 4.